The SMILES string of the molecule is CCC(CC)CC(=O)NC(CCN(CCCCc1ccc2c(n1)NCCC2)CCOc1ccc(OC)cc1)C(=O)O. The summed E-state index contributed by atoms with van der Waals surface area (Å²) in [6.45, 7) is 7.58. The van der Waals surface area contributed by atoms with Crippen LogP contribution in [0.5, 0.6) is 11.5 Å². The molecule has 2 aromatic rings. The largest absolute Gasteiger partial charge is 0.497 e. The number of unbranched alkanes of at least 4 members (excludes halogenated alkanes) is 1. The van der Waals surface area contributed by atoms with Crippen molar-refractivity contribution in [2.24, 2.45) is 5.92 Å². The van der Waals surface area contributed by atoms with Gasteiger partial charge in [-0.25, -0.2) is 9.78 Å². The minimum atomic E-state index is -0.996. The lowest BCUT2D eigenvalue weighted by Crippen LogP contribution is -2.44. The van der Waals surface area contributed by atoms with E-state index in [0.29, 0.717) is 32.5 Å². The predicted octanol–water partition coefficient (Wildman–Crippen LogP) is 4.94. The van der Waals surface area contributed by atoms with Crippen molar-refractivity contribution in [3.05, 3.63) is 47.7 Å². The smallest absolute Gasteiger partial charge is 0.326 e. The lowest BCUT2D eigenvalue weighted by molar-refractivity contribution is -0.142. The summed E-state index contributed by atoms with van der Waals surface area (Å²) in [5.74, 6) is 1.65. The summed E-state index contributed by atoms with van der Waals surface area (Å²) >= 11 is 0. The lowest BCUT2D eigenvalue weighted by Gasteiger charge is -2.25. The molecule has 1 aromatic carbocycles. The number of fused-ring (bicyclic) bond motifs is 1. The Morgan fingerprint density at radius 2 is 1.80 bits per heavy atom. The van der Waals surface area contributed by atoms with E-state index in [1.54, 1.807) is 7.11 Å². The Bertz CT molecular complexity index is 1070. The van der Waals surface area contributed by atoms with Crippen LogP contribution in [0.1, 0.15) is 70.1 Å². The highest BCUT2D eigenvalue weighted by molar-refractivity contribution is 5.83. The molecule has 1 aromatic heterocycles. The predicted molar refractivity (Wildman–Crippen MR) is 162 cm³/mol. The molecule has 9 heteroatoms. The van der Waals surface area contributed by atoms with Crippen LogP contribution in [0.3, 0.4) is 0 Å². The number of carbonyl (C=O) groups excluding carboxylic acids is 1. The number of carbonyl (C=O) groups is 2. The summed E-state index contributed by atoms with van der Waals surface area (Å²) in [7, 11) is 1.63. The van der Waals surface area contributed by atoms with E-state index in [9.17, 15) is 14.7 Å². The maximum atomic E-state index is 12.5. The standard InChI is InChI=1S/C32H48N4O5/c1-4-24(5-2)23-30(37)35-29(32(38)39)17-20-36(21-22-41-28-15-13-27(40-3)14-16-28)19-7-6-10-26-12-11-25-9-8-18-33-31(25)34-26/h11-16,24,29H,4-10,17-23H2,1-3H3,(H,33,34)(H,35,37)(H,38,39). The Morgan fingerprint density at radius 1 is 1.05 bits per heavy atom. The molecule has 1 aliphatic rings. The number of carboxylic acid groups (broad SMARTS) is 1. The molecule has 0 radical (unpaired) electrons. The van der Waals surface area contributed by atoms with Gasteiger partial charge in [0.2, 0.25) is 5.91 Å². The van der Waals surface area contributed by atoms with E-state index < -0.39 is 12.0 Å². The maximum Gasteiger partial charge on any atom is 0.326 e. The van der Waals surface area contributed by atoms with Gasteiger partial charge in [0.15, 0.2) is 0 Å². The van der Waals surface area contributed by atoms with Crippen molar-refractivity contribution < 1.29 is 24.2 Å². The van der Waals surface area contributed by atoms with Crippen molar-refractivity contribution in [1.82, 2.24) is 15.2 Å². The lowest BCUT2D eigenvalue weighted by atomic mass is 9.99. The van der Waals surface area contributed by atoms with Gasteiger partial charge in [-0.05, 0) is 86.9 Å². The van der Waals surface area contributed by atoms with Crippen molar-refractivity contribution in [2.75, 3.05) is 45.2 Å². The number of anilines is 1. The van der Waals surface area contributed by atoms with Crippen LogP contribution in [0.4, 0.5) is 5.82 Å². The molecule has 41 heavy (non-hydrogen) atoms. The average Bonchev–Trinajstić information content (AvgIpc) is 2.99. The fraction of sp³-hybridized carbons (Fsp3) is 0.594. The van der Waals surface area contributed by atoms with Gasteiger partial charge in [0.05, 0.1) is 7.11 Å². The monoisotopic (exact) mass is 568 g/mol. The number of aliphatic carboxylic acids is 1. The van der Waals surface area contributed by atoms with Crippen molar-refractivity contribution in [1.29, 1.82) is 0 Å². The molecule has 1 unspecified atom stereocenters. The van der Waals surface area contributed by atoms with Crippen LogP contribution in [-0.2, 0) is 22.4 Å². The summed E-state index contributed by atoms with van der Waals surface area (Å²) in [6.07, 6.45) is 7.57. The highest BCUT2D eigenvalue weighted by Gasteiger charge is 2.22. The highest BCUT2D eigenvalue weighted by atomic mass is 16.5. The molecular formula is C32H48N4O5. The first kappa shape index (κ1) is 32.2. The molecule has 0 bridgehead atoms. The Kier molecular flexibility index (Phi) is 13.7. The van der Waals surface area contributed by atoms with Gasteiger partial charge in [-0.3, -0.25) is 9.69 Å². The number of methoxy groups -OCH3 is 1. The molecule has 9 nitrogen and oxygen atoms in total. The van der Waals surface area contributed by atoms with Crippen LogP contribution < -0.4 is 20.1 Å². The molecule has 2 heterocycles. The number of aryl methyl sites for hydroxylation is 2. The van der Waals surface area contributed by atoms with Crippen LogP contribution in [-0.4, -0.2) is 72.8 Å². The number of amides is 1. The molecule has 1 amide bonds. The first-order valence-corrected chi connectivity index (χ1v) is 15.2. The molecule has 1 atom stereocenters. The number of ether oxygens (including phenoxy) is 2. The second-order valence-electron chi connectivity index (χ2n) is 10.8. The number of benzene rings is 1. The number of hydrogen-bond acceptors (Lipinski definition) is 7. The third-order valence-corrected chi connectivity index (χ3v) is 7.84. The molecule has 1 aliphatic heterocycles. The second-order valence-corrected chi connectivity index (χ2v) is 10.8. The number of hydrogen-bond donors (Lipinski definition) is 3. The Hall–Kier alpha value is -3.33. The van der Waals surface area contributed by atoms with E-state index in [-0.39, 0.29) is 11.8 Å². The van der Waals surface area contributed by atoms with E-state index in [4.69, 9.17) is 14.5 Å². The fourth-order valence-corrected chi connectivity index (χ4v) is 5.11. The third kappa shape index (κ3) is 11.2. The minimum Gasteiger partial charge on any atom is -0.497 e. The quantitative estimate of drug-likeness (QED) is 0.204. The molecule has 0 saturated heterocycles. The van der Waals surface area contributed by atoms with Gasteiger partial charge in [-0.1, -0.05) is 32.8 Å². The summed E-state index contributed by atoms with van der Waals surface area (Å²) in [5.41, 5.74) is 2.39. The molecule has 0 spiro atoms. The number of pyridine rings is 1. The fourth-order valence-electron chi connectivity index (χ4n) is 5.11. The van der Waals surface area contributed by atoms with E-state index in [0.717, 1.165) is 81.0 Å². The van der Waals surface area contributed by atoms with Gasteiger partial charge in [0.25, 0.3) is 0 Å². The molecule has 3 N–H and O–H groups in total. The van der Waals surface area contributed by atoms with Gasteiger partial charge < -0.3 is 25.2 Å². The average molecular weight is 569 g/mol. The van der Waals surface area contributed by atoms with Gasteiger partial charge in [0.1, 0.15) is 30.0 Å². The van der Waals surface area contributed by atoms with Crippen molar-refractivity contribution >= 4 is 17.7 Å². The van der Waals surface area contributed by atoms with Crippen LogP contribution >= 0.6 is 0 Å². The zero-order valence-corrected chi connectivity index (χ0v) is 25.0. The third-order valence-electron chi connectivity index (χ3n) is 7.84. The highest BCUT2D eigenvalue weighted by Crippen LogP contribution is 2.21. The molecular weight excluding hydrogens is 520 g/mol. The normalized spacial score (nSPS) is 13.4. The summed E-state index contributed by atoms with van der Waals surface area (Å²) in [4.78, 5) is 31.5. The zero-order chi connectivity index (χ0) is 29.5. The number of nitrogens with zero attached hydrogens (tertiary/aromatic N) is 2. The molecule has 0 aliphatic carbocycles. The van der Waals surface area contributed by atoms with Crippen LogP contribution in [0.15, 0.2) is 36.4 Å². The zero-order valence-electron chi connectivity index (χ0n) is 25.0. The molecule has 226 valence electrons. The van der Waals surface area contributed by atoms with Crippen molar-refractivity contribution in [3.8, 4) is 11.5 Å². The van der Waals surface area contributed by atoms with Gasteiger partial charge in [-0.15, -0.1) is 0 Å². The van der Waals surface area contributed by atoms with E-state index in [1.165, 1.54) is 5.56 Å². The summed E-state index contributed by atoms with van der Waals surface area (Å²) in [5, 5.41) is 16.0. The second kappa shape index (κ2) is 17.5. The van der Waals surface area contributed by atoms with Crippen molar-refractivity contribution in [2.45, 2.75) is 77.7 Å². The van der Waals surface area contributed by atoms with Crippen LogP contribution in [0.2, 0.25) is 0 Å². The van der Waals surface area contributed by atoms with Gasteiger partial charge in [0, 0.05) is 31.7 Å². The first-order chi connectivity index (χ1) is 19.9. The molecule has 0 fully saturated rings. The summed E-state index contributed by atoms with van der Waals surface area (Å²) in [6, 6.07) is 10.9. The summed E-state index contributed by atoms with van der Waals surface area (Å²) < 4.78 is 11.2. The van der Waals surface area contributed by atoms with E-state index >= 15 is 0 Å². The molecule has 0 saturated carbocycles. The maximum absolute atomic E-state index is 12.5. The van der Waals surface area contributed by atoms with Crippen LogP contribution in [0, 0.1) is 5.92 Å². The number of rotatable bonds is 19. The van der Waals surface area contributed by atoms with Gasteiger partial charge in [-0.2, -0.15) is 0 Å². The Labute approximate surface area is 245 Å². The molecule has 3 rings (SSSR count). The van der Waals surface area contributed by atoms with E-state index in [2.05, 4.69) is 41.5 Å². The Balaban J connectivity index is 1.52. The van der Waals surface area contributed by atoms with E-state index in [1.807, 2.05) is 24.3 Å². The Morgan fingerprint density at radius 3 is 2.51 bits per heavy atom. The minimum absolute atomic E-state index is 0.187. The number of carboxylic acids is 1. The van der Waals surface area contributed by atoms with Crippen molar-refractivity contribution in [3.63, 3.8) is 0 Å². The van der Waals surface area contributed by atoms with Gasteiger partial charge >= 0.3 is 5.97 Å². The first-order valence-electron chi connectivity index (χ1n) is 15.2. The number of nitrogens with one attached hydrogen (secondary N) is 2. The van der Waals surface area contributed by atoms with Crippen LogP contribution in [0.25, 0.3) is 0 Å². The topological polar surface area (TPSA) is 113 Å². The number of aromatic nitrogens is 1.